The van der Waals surface area contributed by atoms with Gasteiger partial charge in [0.2, 0.25) is 5.88 Å². The number of halogens is 1. The van der Waals surface area contributed by atoms with Crippen LogP contribution in [0.2, 0.25) is 5.15 Å². The Hall–Kier alpha value is -1.20. The first-order chi connectivity index (χ1) is 6.72. The number of pyridine rings is 1. The molecular formula is C11H10ClNO. The van der Waals surface area contributed by atoms with Crippen LogP contribution in [0.15, 0.2) is 12.1 Å². The number of hydrogen-bond donors (Lipinski definition) is 0. The highest BCUT2D eigenvalue weighted by Gasteiger charge is 2.45. The molecule has 3 heteroatoms. The molecule has 1 saturated carbocycles. The first-order valence-corrected chi connectivity index (χ1v) is 4.78. The summed E-state index contributed by atoms with van der Waals surface area (Å²) in [5.74, 6) is 3.35. The van der Waals surface area contributed by atoms with E-state index in [0.29, 0.717) is 11.0 Å². The highest BCUT2D eigenvalue weighted by Crippen LogP contribution is 2.50. The largest absolute Gasteiger partial charge is 0.481 e. The van der Waals surface area contributed by atoms with Crippen molar-refractivity contribution in [3.05, 3.63) is 22.8 Å². The fourth-order valence-corrected chi connectivity index (χ4v) is 1.69. The van der Waals surface area contributed by atoms with E-state index in [4.69, 9.17) is 22.8 Å². The zero-order valence-corrected chi connectivity index (χ0v) is 8.64. The van der Waals surface area contributed by atoms with Gasteiger partial charge in [-0.1, -0.05) is 17.5 Å². The van der Waals surface area contributed by atoms with Crippen molar-refractivity contribution in [2.24, 2.45) is 0 Å². The number of rotatable bonds is 2. The number of aromatic nitrogens is 1. The van der Waals surface area contributed by atoms with Crippen LogP contribution in [-0.4, -0.2) is 12.1 Å². The summed E-state index contributed by atoms with van der Waals surface area (Å²) >= 11 is 5.77. The van der Waals surface area contributed by atoms with Crippen LogP contribution in [0.1, 0.15) is 18.4 Å². The Labute approximate surface area is 88.3 Å². The van der Waals surface area contributed by atoms with Gasteiger partial charge in [0, 0.05) is 5.56 Å². The highest BCUT2D eigenvalue weighted by atomic mass is 35.5. The molecule has 0 radical (unpaired) electrons. The van der Waals surface area contributed by atoms with Crippen LogP contribution in [0.3, 0.4) is 0 Å². The summed E-state index contributed by atoms with van der Waals surface area (Å²) in [6.45, 7) is 0. The van der Waals surface area contributed by atoms with Gasteiger partial charge < -0.3 is 4.74 Å². The Morgan fingerprint density at radius 1 is 1.57 bits per heavy atom. The van der Waals surface area contributed by atoms with Crippen LogP contribution in [0.4, 0.5) is 0 Å². The average Bonchev–Trinajstić information content (AvgIpc) is 2.98. The van der Waals surface area contributed by atoms with Gasteiger partial charge in [0.25, 0.3) is 0 Å². The van der Waals surface area contributed by atoms with Gasteiger partial charge in [-0.3, -0.25) is 0 Å². The lowest BCUT2D eigenvalue weighted by molar-refractivity contribution is 0.390. The summed E-state index contributed by atoms with van der Waals surface area (Å²) in [4.78, 5) is 4.09. The molecule has 0 bridgehead atoms. The predicted molar refractivity (Wildman–Crippen MR) is 55.5 cm³/mol. The van der Waals surface area contributed by atoms with Crippen LogP contribution in [0.25, 0.3) is 0 Å². The molecule has 1 heterocycles. The van der Waals surface area contributed by atoms with Crippen LogP contribution in [0.5, 0.6) is 5.88 Å². The van der Waals surface area contributed by atoms with E-state index in [1.54, 1.807) is 13.2 Å². The van der Waals surface area contributed by atoms with Gasteiger partial charge >= 0.3 is 0 Å². The maximum Gasteiger partial charge on any atom is 0.219 e. The second-order valence-electron chi connectivity index (χ2n) is 3.42. The van der Waals surface area contributed by atoms with Gasteiger partial charge in [-0.15, -0.1) is 6.42 Å². The minimum atomic E-state index is -0.150. The molecule has 2 nitrogen and oxygen atoms in total. The number of ether oxygens (including phenoxy) is 1. The molecule has 2 rings (SSSR count). The van der Waals surface area contributed by atoms with Crippen molar-refractivity contribution < 1.29 is 4.74 Å². The van der Waals surface area contributed by atoms with Gasteiger partial charge in [0.15, 0.2) is 0 Å². The van der Waals surface area contributed by atoms with Gasteiger partial charge in [0.05, 0.1) is 12.5 Å². The monoisotopic (exact) mass is 207 g/mol. The van der Waals surface area contributed by atoms with Crippen molar-refractivity contribution in [2.45, 2.75) is 18.3 Å². The second kappa shape index (κ2) is 3.18. The number of terminal acetylenes is 1. The average molecular weight is 208 g/mol. The van der Waals surface area contributed by atoms with Crippen LogP contribution >= 0.6 is 11.6 Å². The number of hydrogen-bond acceptors (Lipinski definition) is 2. The molecule has 0 aliphatic heterocycles. The number of methoxy groups -OCH3 is 1. The van der Waals surface area contributed by atoms with E-state index in [0.717, 1.165) is 18.4 Å². The molecule has 0 atom stereocenters. The van der Waals surface area contributed by atoms with Gasteiger partial charge in [-0.25, -0.2) is 4.98 Å². The number of nitrogens with zero attached hydrogens (tertiary/aromatic N) is 1. The van der Waals surface area contributed by atoms with E-state index >= 15 is 0 Å². The summed E-state index contributed by atoms with van der Waals surface area (Å²) < 4.78 is 5.16. The smallest absolute Gasteiger partial charge is 0.219 e. The van der Waals surface area contributed by atoms with Crippen LogP contribution in [-0.2, 0) is 5.41 Å². The topological polar surface area (TPSA) is 22.1 Å². The predicted octanol–water partition coefficient (Wildman–Crippen LogP) is 2.41. The van der Waals surface area contributed by atoms with Crippen molar-refractivity contribution in [2.75, 3.05) is 7.11 Å². The van der Waals surface area contributed by atoms with Gasteiger partial charge in [0.1, 0.15) is 5.15 Å². The van der Waals surface area contributed by atoms with Crippen molar-refractivity contribution in [3.8, 4) is 18.2 Å². The van der Waals surface area contributed by atoms with E-state index < -0.39 is 0 Å². The molecule has 0 N–H and O–H groups in total. The molecule has 72 valence electrons. The molecule has 1 aromatic heterocycles. The summed E-state index contributed by atoms with van der Waals surface area (Å²) in [7, 11) is 1.58. The minimum absolute atomic E-state index is 0.150. The zero-order chi connectivity index (χ0) is 10.2. The molecule has 1 aromatic rings. The van der Waals surface area contributed by atoms with Crippen molar-refractivity contribution in [3.63, 3.8) is 0 Å². The zero-order valence-electron chi connectivity index (χ0n) is 7.88. The second-order valence-corrected chi connectivity index (χ2v) is 3.80. The maximum atomic E-state index is 5.77. The summed E-state index contributed by atoms with van der Waals surface area (Å²) in [6.07, 6.45) is 7.50. The summed E-state index contributed by atoms with van der Waals surface area (Å²) in [5.41, 5.74) is 0.829. The minimum Gasteiger partial charge on any atom is -0.481 e. The third-order valence-electron chi connectivity index (χ3n) is 2.56. The van der Waals surface area contributed by atoms with E-state index in [1.807, 2.05) is 6.07 Å². The van der Waals surface area contributed by atoms with Crippen molar-refractivity contribution >= 4 is 11.6 Å². The van der Waals surface area contributed by atoms with Crippen molar-refractivity contribution in [1.82, 2.24) is 4.98 Å². The molecular weight excluding hydrogens is 198 g/mol. The Balaban J connectivity index is 2.49. The lowest BCUT2D eigenvalue weighted by Gasteiger charge is -2.11. The summed E-state index contributed by atoms with van der Waals surface area (Å²) in [6, 6.07) is 3.65. The lowest BCUT2D eigenvalue weighted by Crippen LogP contribution is -2.06. The van der Waals surface area contributed by atoms with Gasteiger partial charge in [-0.2, -0.15) is 0 Å². The van der Waals surface area contributed by atoms with E-state index in [1.165, 1.54) is 0 Å². The Morgan fingerprint density at radius 2 is 2.29 bits per heavy atom. The van der Waals surface area contributed by atoms with E-state index in [2.05, 4.69) is 10.9 Å². The SMILES string of the molecule is C#CC1(c2ccc(Cl)nc2OC)CC1. The molecule has 0 unspecified atom stereocenters. The third-order valence-corrected chi connectivity index (χ3v) is 2.77. The van der Waals surface area contributed by atoms with E-state index in [9.17, 15) is 0 Å². The quantitative estimate of drug-likeness (QED) is 0.549. The normalized spacial score (nSPS) is 17.2. The molecule has 0 spiro atoms. The molecule has 1 fully saturated rings. The van der Waals surface area contributed by atoms with Crippen LogP contribution < -0.4 is 4.74 Å². The molecule has 14 heavy (non-hydrogen) atoms. The highest BCUT2D eigenvalue weighted by molar-refractivity contribution is 6.29. The molecule has 0 saturated heterocycles. The van der Waals surface area contributed by atoms with Gasteiger partial charge in [-0.05, 0) is 25.0 Å². The standard InChI is InChI=1S/C11H10ClNO/c1-3-11(6-7-11)8-4-5-9(12)13-10(8)14-2/h1,4-5H,6-7H2,2H3. The Bertz CT molecular complexity index is 404. The first kappa shape index (κ1) is 9.36. The Kier molecular flexibility index (Phi) is 2.13. The van der Waals surface area contributed by atoms with E-state index in [-0.39, 0.29) is 5.41 Å². The van der Waals surface area contributed by atoms with Crippen LogP contribution in [0, 0.1) is 12.3 Å². The molecule has 1 aliphatic carbocycles. The molecule has 0 aromatic carbocycles. The first-order valence-electron chi connectivity index (χ1n) is 4.41. The fourth-order valence-electron chi connectivity index (χ4n) is 1.55. The molecule has 0 amide bonds. The molecule has 1 aliphatic rings. The Morgan fingerprint density at radius 3 is 2.79 bits per heavy atom. The van der Waals surface area contributed by atoms with Crippen molar-refractivity contribution in [1.29, 1.82) is 0 Å². The maximum absolute atomic E-state index is 5.77. The third kappa shape index (κ3) is 1.34. The summed E-state index contributed by atoms with van der Waals surface area (Å²) in [5, 5.41) is 0.429. The lowest BCUT2D eigenvalue weighted by atomic mass is 9.98. The fraction of sp³-hybridized carbons (Fsp3) is 0.364.